The smallest absolute Gasteiger partial charge is 0.326 e. The molecular weight excluding hydrogens is 308 g/mol. The van der Waals surface area contributed by atoms with Gasteiger partial charge in [0.2, 0.25) is 5.91 Å². The number of hydrogen-bond donors (Lipinski definition) is 2. The van der Waals surface area contributed by atoms with Crippen LogP contribution in [0, 0.1) is 12.8 Å². The lowest BCUT2D eigenvalue weighted by atomic mass is 10.1. The summed E-state index contributed by atoms with van der Waals surface area (Å²) in [6.45, 7) is 1.86. The van der Waals surface area contributed by atoms with Crippen molar-refractivity contribution in [3.8, 4) is 11.3 Å². The fourth-order valence-electron chi connectivity index (χ4n) is 2.69. The van der Waals surface area contributed by atoms with Crippen molar-refractivity contribution in [2.75, 3.05) is 0 Å². The highest BCUT2D eigenvalue weighted by molar-refractivity contribution is 5.84. The van der Waals surface area contributed by atoms with Crippen LogP contribution in [0.15, 0.2) is 34.7 Å². The number of carboxylic acids is 1. The van der Waals surface area contributed by atoms with Gasteiger partial charge in [0.05, 0.1) is 5.69 Å². The molecule has 3 rings (SSSR count). The monoisotopic (exact) mass is 328 g/mol. The Balaban J connectivity index is 1.59. The number of aromatic nitrogens is 1. The number of nitrogens with zero attached hydrogens (tertiary/aromatic N) is 1. The van der Waals surface area contributed by atoms with Crippen LogP contribution in [-0.2, 0) is 16.0 Å². The number of aliphatic carboxylic acids is 1. The quantitative estimate of drug-likeness (QED) is 0.815. The van der Waals surface area contributed by atoms with E-state index in [0.29, 0.717) is 18.1 Å². The summed E-state index contributed by atoms with van der Waals surface area (Å²) in [7, 11) is 0. The third-order valence-electron chi connectivity index (χ3n) is 4.12. The van der Waals surface area contributed by atoms with Gasteiger partial charge in [-0.15, -0.1) is 0 Å². The number of carbonyl (C=O) groups is 2. The van der Waals surface area contributed by atoms with Crippen molar-refractivity contribution in [1.82, 2.24) is 10.3 Å². The molecule has 2 N–H and O–H groups in total. The van der Waals surface area contributed by atoms with Crippen LogP contribution in [0.25, 0.3) is 11.3 Å². The van der Waals surface area contributed by atoms with Crippen LogP contribution in [-0.4, -0.2) is 28.0 Å². The van der Waals surface area contributed by atoms with Gasteiger partial charge in [-0.1, -0.05) is 30.3 Å². The molecule has 1 aliphatic carbocycles. The van der Waals surface area contributed by atoms with Gasteiger partial charge < -0.3 is 14.8 Å². The van der Waals surface area contributed by atoms with Crippen molar-refractivity contribution in [1.29, 1.82) is 0 Å². The molecule has 0 saturated heterocycles. The summed E-state index contributed by atoms with van der Waals surface area (Å²) in [5.74, 6) is 0.00270. The first-order valence-electron chi connectivity index (χ1n) is 8.08. The zero-order valence-electron chi connectivity index (χ0n) is 13.5. The van der Waals surface area contributed by atoms with Crippen molar-refractivity contribution in [3.05, 3.63) is 41.9 Å². The molecule has 24 heavy (non-hydrogen) atoms. The standard InChI is InChI=1S/C18H20N2O4/c1-11-17(13-5-3-2-4-6-13)24-15(19-11)10-9-14(21)20-16(18(22)23)12-7-8-12/h2-6,12,16H,7-10H2,1H3,(H,20,21)(H,22,23). The lowest BCUT2D eigenvalue weighted by Gasteiger charge is -2.12. The molecular formula is C18H20N2O4. The van der Waals surface area contributed by atoms with Gasteiger partial charge in [0.25, 0.3) is 0 Å². The number of nitrogens with one attached hydrogen (secondary N) is 1. The first kappa shape index (κ1) is 16.2. The maximum atomic E-state index is 12.0. The molecule has 1 saturated carbocycles. The van der Waals surface area contributed by atoms with Crippen molar-refractivity contribution in [2.45, 2.75) is 38.6 Å². The van der Waals surface area contributed by atoms with E-state index in [9.17, 15) is 9.59 Å². The van der Waals surface area contributed by atoms with Gasteiger partial charge in [-0.3, -0.25) is 4.79 Å². The Kier molecular flexibility index (Phi) is 4.64. The van der Waals surface area contributed by atoms with Crippen molar-refractivity contribution in [3.63, 3.8) is 0 Å². The highest BCUT2D eigenvalue weighted by Crippen LogP contribution is 2.32. The van der Waals surface area contributed by atoms with Crippen LogP contribution in [0.4, 0.5) is 0 Å². The van der Waals surface area contributed by atoms with E-state index in [2.05, 4.69) is 10.3 Å². The molecule has 1 fully saturated rings. The van der Waals surface area contributed by atoms with E-state index in [0.717, 1.165) is 24.1 Å². The molecule has 0 radical (unpaired) electrons. The summed E-state index contributed by atoms with van der Waals surface area (Å²) in [6, 6.07) is 8.89. The van der Waals surface area contributed by atoms with Crippen molar-refractivity contribution >= 4 is 11.9 Å². The lowest BCUT2D eigenvalue weighted by molar-refractivity contribution is -0.142. The minimum Gasteiger partial charge on any atom is -0.480 e. The van der Waals surface area contributed by atoms with E-state index >= 15 is 0 Å². The summed E-state index contributed by atoms with van der Waals surface area (Å²) < 4.78 is 5.76. The number of benzene rings is 1. The molecule has 1 aromatic carbocycles. The SMILES string of the molecule is Cc1nc(CCC(=O)NC(C(=O)O)C2CC2)oc1-c1ccccc1. The normalized spacial score (nSPS) is 15.0. The fraction of sp³-hybridized carbons (Fsp3) is 0.389. The summed E-state index contributed by atoms with van der Waals surface area (Å²) in [5, 5.41) is 11.7. The minimum atomic E-state index is -0.968. The Morgan fingerprint density at radius 2 is 2.04 bits per heavy atom. The number of hydrogen-bond acceptors (Lipinski definition) is 4. The number of rotatable bonds is 7. The fourth-order valence-corrected chi connectivity index (χ4v) is 2.69. The van der Waals surface area contributed by atoms with Crippen LogP contribution in [0.5, 0.6) is 0 Å². The van der Waals surface area contributed by atoms with Gasteiger partial charge in [0.15, 0.2) is 11.7 Å². The van der Waals surface area contributed by atoms with Gasteiger partial charge >= 0.3 is 5.97 Å². The van der Waals surface area contributed by atoms with E-state index in [1.54, 1.807) is 0 Å². The average Bonchev–Trinajstić information content (AvgIpc) is 3.33. The molecule has 0 spiro atoms. The Bertz CT molecular complexity index is 735. The van der Waals surface area contributed by atoms with E-state index in [-0.39, 0.29) is 18.2 Å². The van der Waals surface area contributed by atoms with Crippen molar-refractivity contribution in [2.24, 2.45) is 5.92 Å². The summed E-state index contributed by atoms with van der Waals surface area (Å²) in [5.41, 5.74) is 1.72. The molecule has 1 heterocycles. The Hall–Kier alpha value is -2.63. The van der Waals surface area contributed by atoms with Gasteiger partial charge in [-0.25, -0.2) is 9.78 Å². The van der Waals surface area contributed by atoms with Crippen molar-refractivity contribution < 1.29 is 19.1 Å². The average molecular weight is 328 g/mol. The van der Waals surface area contributed by atoms with Gasteiger partial charge in [-0.05, 0) is 25.7 Å². The zero-order valence-corrected chi connectivity index (χ0v) is 13.5. The number of carboxylic acid groups (broad SMARTS) is 1. The van der Waals surface area contributed by atoms with E-state index in [1.165, 1.54) is 0 Å². The highest BCUT2D eigenvalue weighted by Gasteiger charge is 2.37. The Morgan fingerprint density at radius 1 is 1.33 bits per heavy atom. The van der Waals surface area contributed by atoms with Gasteiger partial charge in [0, 0.05) is 18.4 Å². The first-order chi connectivity index (χ1) is 11.5. The highest BCUT2D eigenvalue weighted by atomic mass is 16.4. The molecule has 0 bridgehead atoms. The Morgan fingerprint density at radius 3 is 2.67 bits per heavy atom. The molecule has 0 aliphatic heterocycles. The number of aryl methyl sites for hydroxylation is 2. The second-order valence-corrected chi connectivity index (χ2v) is 6.11. The maximum absolute atomic E-state index is 12.0. The molecule has 126 valence electrons. The van der Waals surface area contributed by atoms with Crippen LogP contribution in [0.3, 0.4) is 0 Å². The number of oxazole rings is 1. The first-order valence-corrected chi connectivity index (χ1v) is 8.08. The summed E-state index contributed by atoms with van der Waals surface area (Å²) in [4.78, 5) is 27.5. The molecule has 1 atom stereocenters. The zero-order chi connectivity index (χ0) is 17.1. The molecule has 6 heteroatoms. The Labute approximate surface area is 139 Å². The van der Waals surface area contributed by atoms with E-state index in [4.69, 9.17) is 9.52 Å². The lowest BCUT2D eigenvalue weighted by Crippen LogP contribution is -2.42. The second kappa shape index (κ2) is 6.86. The van der Waals surface area contributed by atoms with Crippen LogP contribution in [0.2, 0.25) is 0 Å². The molecule has 2 aromatic rings. The van der Waals surface area contributed by atoms with Gasteiger partial charge in [0.1, 0.15) is 6.04 Å². The third-order valence-corrected chi connectivity index (χ3v) is 4.12. The van der Waals surface area contributed by atoms with Crippen LogP contribution >= 0.6 is 0 Å². The molecule has 1 aromatic heterocycles. The molecule has 1 unspecified atom stereocenters. The van der Waals surface area contributed by atoms with Crippen LogP contribution < -0.4 is 5.32 Å². The predicted octanol–water partition coefficient (Wildman–Crippen LogP) is 2.56. The largest absolute Gasteiger partial charge is 0.480 e. The summed E-state index contributed by atoms with van der Waals surface area (Å²) in [6.07, 6.45) is 2.22. The number of amides is 1. The minimum absolute atomic E-state index is 0.0696. The topological polar surface area (TPSA) is 92.4 Å². The van der Waals surface area contributed by atoms with Gasteiger partial charge in [-0.2, -0.15) is 0 Å². The molecule has 6 nitrogen and oxygen atoms in total. The summed E-state index contributed by atoms with van der Waals surface area (Å²) >= 11 is 0. The maximum Gasteiger partial charge on any atom is 0.326 e. The van der Waals surface area contributed by atoms with E-state index < -0.39 is 12.0 Å². The number of carbonyl (C=O) groups excluding carboxylic acids is 1. The van der Waals surface area contributed by atoms with E-state index in [1.807, 2.05) is 37.3 Å². The predicted molar refractivity (Wildman–Crippen MR) is 87.3 cm³/mol. The van der Waals surface area contributed by atoms with Crippen LogP contribution in [0.1, 0.15) is 30.8 Å². The third kappa shape index (κ3) is 3.82. The molecule has 1 aliphatic rings. The second-order valence-electron chi connectivity index (χ2n) is 6.11. The molecule has 1 amide bonds.